The zero-order chi connectivity index (χ0) is 17.8. The van der Waals surface area contributed by atoms with E-state index in [-0.39, 0.29) is 18.5 Å². The maximum Gasteiger partial charge on any atom is 0.242 e. The van der Waals surface area contributed by atoms with Gasteiger partial charge in [0.15, 0.2) is 0 Å². The van der Waals surface area contributed by atoms with Crippen LogP contribution in [0.2, 0.25) is 0 Å². The molecular formula is C18H26N6O. The lowest BCUT2D eigenvalue weighted by molar-refractivity contribution is -0.122. The molecule has 0 radical (unpaired) electrons. The Bertz CT molecular complexity index is 727. The SMILES string of the molecule is CCc1c(C)nn(CC(=O)N[C@@H]2CCCN(c3ncccn3)C2)c1C. The highest BCUT2D eigenvalue weighted by molar-refractivity contribution is 5.76. The van der Waals surface area contributed by atoms with E-state index in [4.69, 9.17) is 0 Å². The van der Waals surface area contributed by atoms with Crippen LogP contribution in [0.4, 0.5) is 5.95 Å². The third kappa shape index (κ3) is 3.97. The predicted molar refractivity (Wildman–Crippen MR) is 96.5 cm³/mol. The highest BCUT2D eigenvalue weighted by Crippen LogP contribution is 2.16. The normalized spacial score (nSPS) is 17.6. The van der Waals surface area contributed by atoms with E-state index in [1.807, 2.05) is 24.6 Å². The molecule has 3 heterocycles. The summed E-state index contributed by atoms with van der Waals surface area (Å²) in [7, 11) is 0. The van der Waals surface area contributed by atoms with Crippen molar-refractivity contribution in [3.05, 3.63) is 35.4 Å². The van der Waals surface area contributed by atoms with Gasteiger partial charge in [0, 0.05) is 37.2 Å². The number of nitrogens with zero attached hydrogens (tertiary/aromatic N) is 5. The van der Waals surface area contributed by atoms with Gasteiger partial charge in [-0.1, -0.05) is 6.92 Å². The van der Waals surface area contributed by atoms with Crippen molar-refractivity contribution in [2.75, 3.05) is 18.0 Å². The lowest BCUT2D eigenvalue weighted by atomic mass is 10.1. The Morgan fingerprint density at radius 1 is 1.32 bits per heavy atom. The fraction of sp³-hybridized carbons (Fsp3) is 0.556. The number of piperidine rings is 1. The minimum Gasteiger partial charge on any atom is -0.350 e. The standard InChI is InChI=1S/C18H26N6O/c1-4-16-13(2)22-24(14(16)3)12-17(25)21-15-7-5-10-23(11-15)18-19-8-6-9-20-18/h6,8-9,15H,4-5,7,10-12H2,1-3H3,(H,21,25)/t15-/m1/s1. The van der Waals surface area contributed by atoms with Crippen LogP contribution in [0, 0.1) is 13.8 Å². The molecule has 3 rings (SSSR count). The lowest BCUT2D eigenvalue weighted by Crippen LogP contribution is -2.49. The fourth-order valence-corrected chi connectivity index (χ4v) is 3.54. The number of aryl methyl sites for hydroxylation is 1. The Balaban J connectivity index is 1.59. The average molecular weight is 342 g/mol. The first-order chi connectivity index (χ1) is 12.1. The molecule has 1 atom stereocenters. The van der Waals surface area contributed by atoms with Gasteiger partial charge >= 0.3 is 0 Å². The maximum atomic E-state index is 12.5. The van der Waals surface area contributed by atoms with Crippen molar-refractivity contribution >= 4 is 11.9 Å². The molecule has 2 aromatic heterocycles. The zero-order valence-electron chi connectivity index (χ0n) is 15.2. The number of carbonyl (C=O) groups is 1. The molecule has 0 saturated carbocycles. The zero-order valence-corrected chi connectivity index (χ0v) is 15.2. The number of rotatable bonds is 5. The Morgan fingerprint density at radius 3 is 2.76 bits per heavy atom. The maximum absolute atomic E-state index is 12.5. The summed E-state index contributed by atoms with van der Waals surface area (Å²) in [5, 5.41) is 7.65. The van der Waals surface area contributed by atoms with Crippen LogP contribution in [-0.2, 0) is 17.8 Å². The Hall–Kier alpha value is -2.44. The minimum atomic E-state index is 0.00841. The van der Waals surface area contributed by atoms with E-state index in [0.29, 0.717) is 0 Å². The number of anilines is 1. The predicted octanol–water partition coefficient (Wildman–Crippen LogP) is 1.64. The van der Waals surface area contributed by atoms with E-state index in [0.717, 1.165) is 49.7 Å². The fourth-order valence-electron chi connectivity index (χ4n) is 3.54. The number of aromatic nitrogens is 4. The van der Waals surface area contributed by atoms with E-state index < -0.39 is 0 Å². The molecule has 1 aliphatic rings. The van der Waals surface area contributed by atoms with Gasteiger partial charge in [-0.3, -0.25) is 9.48 Å². The molecule has 1 aliphatic heterocycles. The van der Waals surface area contributed by atoms with Crippen LogP contribution in [-0.4, -0.2) is 44.8 Å². The molecule has 1 amide bonds. The van der Waals surface area contributed by atoms with E-state index in [9.17, 15) is 4.79 Å². The van der Waals surface area contributed by atoms with Gasteiger partial charge in [-0.25, -0.2) is 9.97 Å². The van der Waals surface area contributed by atoms with Gasteiger partial charge in [0.1, 0.15) is 6.54 Å². The van der Waals surface area contributed by atoms with Gasteiger partial charge in [0.25, 0.3) is 0 Å². The highest BCUT2D eigenvalue weighted by atomic mass is 16.2. The quantitative estimate of drug-likeness (QED) is 0.894. The molecule has 0 bridgehead atoms. The van der Waals surface area contributed by atoms with Gasteiger partial charge in [-0.05, 0) is 44.7 Å². The number of carbonyl (C=O) groups excluding carboxylic acids is 1. The first-order valence-electron chi connectivity index (χ1n) is 8.92. The number of hydrogen-bond acceptors (Lipinski definition) is 5. The molecule has 1 fully saturated rings. The molecule has 134 valence electrons. The minimum absolute atomic E-state index is 0.00841. The summed E-state index contributed by atoms with van der Waals surface area (Å²) in [6.45, 7) is 8.08. The highest BCUT2D eigenvalue weighted by Gasteiger charge is 2.23. The van der Waals surface area contributed by atoms with Gasteiger partial charge in [0.05, 0.1) is 5.69 Å². The van der Waals surface area contributed by atoms with Crippen molar-refractivity contribution in [2.24, 2.45) is 0 Å². The monoisotopic (exact) mass is 342 g/mol. The molecule has 1 saturated heterocycles. The van der Waals surface area contributed by atoms with Gasteiger partial charge in [0.2, 0.25) is 11.9 Å². The number of hydrogen-bond donors (Lipinski definition) is 1. The van der Waals surface area contributed by atoms with Crippen LogP contribution >= 0.6 is 0 Å². The second kappa shape index (κ2) is 7.63. The van der Waals surface area contributed by atoms with Crippen LogP contribution in [0.15, 0.2) is 18.5 Å². The van der Waals surface area contributed by atoms with Crippen molar-refractivity contribution in [1.29, 1.82) is 0 Å². The van der Waals surface area contributed by atoms with Crippen LogP contribution in [0.5, 0.6) is 0 Å². The third-order valence-corrected chi connectivity index (χ3v) is 4.80. The van der Waals surface area contributed by atoms with Crippen molar-refractivity contribution in [2.45, 2.75) is 52.6 Å². The first kappa shape index (κ1) is 17.4. The van der Waals surface area contributed by atoms with Crippen LogP contribution in [0.1, 0.15) is 36.7 Å². The summed E-state index contributed by atoms with van der Waals surface area (Å²) in [6, 6.07) is 1.93. The topological polar surface area (TPSA) is 75.9 Å². The molecule has 2 aromatic rings. The Labute approximate surface area is 148 Å². The molecule has 0 aromatic carbocycles. The van der Waals surface area contributed by atoms with Gasteiger partial charge < -0.3 is 10.2 Å². The second-order valence-electron chi connectivity index (χ2n) is 6.56. The second-order valence-corrected chi connectivity index (χ2v) is 6.56. The van der Waals surface area contributed by atoms with Crippen LogP contribution in [0.3, 0.4) is 0 Å². The number of amides is 1. The molecule has 1 N–H and O–H groups in total. The van der Waals surface area contributed by atoms with Crippen molar-refractivity contribution in [3.63, 3.8) is 0 Å². The largest absolute Gasteiger partial charge is 0.350 e. The molecule has 0 unspecified atom stereocenters. The van der Waals surface area contributed by atoms with Crippen LogP contribution < -0.4 is 10.2 Å². The summed E-state index contributed by atoms with van der Waals surface area (Å²) in [5.74, 6) is 0.738. The molecule has 0 spiro atoms. The summed E-state index contributed by atoms with van der Waals surface area (Å²) < 4.78 is 1.81. The first-order valence-corrected chi connectivity index (χ1v) is 8.92. The Kier molecular flexibility index (Phi) is 5.31. The summed E-state index contributed by atoms with van der Waals surface area (Å²) in [6.07, 6.45) is 6.43. The van der Waals surface area contributed by atoms with E-state index in [1.165, 1.54) is 5.56 Å². The molecular weight excluding hydrogens is 316 g/mol. The van der Waals surface area contributed by atoms with Crippen LogP contribution in [0.25, 0.3) is 0 Å². The Morgan fingerprint density at radius 2 is 2.08 bits per heavy atom. The van der Waals surface area contributed by atoms with E-state index >= 15 is 0 Å². The molecule has 25 heavy (non-hydrogen) atoms. The average Bonchev–Trinajstić information content (AvgIpc) is 2.88. The lowest BCUT2D eigenvalue weighted by Gasteiger charge is -2.33. The van der Waals surface area contributed by atoms with E-state index in [1.54, 1.807) is 12.4 Å². The summed E-state index contributed by atoms with van der Waals surface area (Å²) in [4.78, 5) is 23.2. The van der Waals surface area contributed by atoms with Crippen molar-refractivity contribution in [3.8, 4) is 0 Å². The van der Waals surface area contributed by atoms with Gasteiger partial charge in [-0.15, -0.1) is 0 Å². The van der Waals surface area contributed by atoms with Gasteiger partial charge in [-0.2, -0.15) is 5.10 Å². The summed E-state index contributed by atoms with van der Waals surface area (Å²) in [5.41, 5.74) is 3.33. The van der Waals surface area contributed by atoms with E-state index in [2.05, 4.69) is 32.2 Å². The van der Waals surface area contributed by atoms with Crippen molar-refractivity contribution in [1.82, 2.24) is 25.1 Å². The number of nitrogens with one attached hydrogen (secondary N) is 1. The van der Waals surface area contributed by atoms with Crippen molar-refractivity contribution < 1.29 is 4.79 Å². The smallest absolute Gasteiger partial charge is 0.242 e. The summed E-state index contributed by atoms with van der Waals surface area (Å²) >= 11 is 0. The molecule has 7 nitrogen and oxygen atoms in total. The third-order valence-electron chi connectivity index (χ3n) is 4.80. The molecule has 0 aliphatic carbocycles. The molecule has 7 heteroatoms.